The van der Waals surface area contributed by atoms with Gasteiger partial charge in [0.2, 0.25) is 0 Å². The van der Waals surface area contributed by atoms with Crippen LogP contribution in [0.5, 0.6) is 0 Å². The molecule has 1 aromatic heterocycles. The maximum absolute atomic E-state index is 13.3. The van der Waals surface area contributed by atoms with Crippen LogP contribution in [0.2, 0.25) is 0 Å². The quantitative estimate of drug-likeness (QED) is 0.342. The van der Waals surface area contributed by atoms with Gasteiger partial charge in [0.1, 0.15) is 5.00 Å². The van der Waals surface area contributed by atoms with E-state index in [0.717, 1.165) is 42.5 Å². The van der Waals surface area contributed by atoms with Gasteiger partial charge < -0.3 is 10.1 Å². The van der Waals surface area contributed by atoms with E-state index in [1.54, 1.807) is 43.3 Å². The number of aryl methyl sites for hydroxylation is 1. The molecule has 0 spiro atoms. The predicted octanol–water partition coefficient (Wildman–Crippen LogP) is 5.25. The van der Waals surface area contributed by atoms with Gasteiger partial charge in [0.25, 0.3) is 15.9 Å². The molecule has 0 saturated carbocycles. The van der Waals surface area contributed by atoms with Crippen LogP contribution in [-0.2, 0) is 27.6 Å². The lowest BCUT2D eigenvalue weighted by Crippen LogP contribution is -2.19. The van der Waals surface area contributed by atoms with Crippen molar-refractivity contribution in [2.75, 3.05) is 16.6 Å². The fraction of sp³-hybridized carbons (Fsp3) is 0.280. The summed E-state index contributed by atoms with van der Waals surface area (Å²) in [6.45, 7) is 1.98. The number of sulfonamides is 1. The van der Waals surface area contributed by atoms with Gasteiger partial charge in [-0.15, -0.1) is 11.3 Å². The highest BCUT2D eigenvalue weighted by molar-refractivity contribution is 7.92. The highest BCUT2D eigenvalue weighted by atomic mass is 32.2. The van der Waals surface area contributed by atoms with Gasteiger partial charge in [-0.25, -0.2) is 13.2 Å². The van der Waals surface area contributed by atoms with E-state index < -0.39 is 21.9 Å². The number of hydrogen-bond donors (Lipinski definition) is 2. The number of amides is 1. The molecule has 2 aromatic carbocycles. The van der Waals surface area contributed by atoms with Crippen LogP contribution in [0.25, 0.3) is 0 Å². The monoisotopic (exact) mass is 498 g/mol. The highest BCUT2D eigenvalue weighted by Gasteiger charge is 2.27. The van der Waals surface area contributed by atoms with E-state index in [9.17, 15) is 18.0 Å². The van der Waals surface area contributed by atoms with E-state index >= 15 is 0 Å². The Morgan fingerprint density at radius 2 is 1.68 bits per heavy atom. The van der Waals surface area contributed by atoms with Crippen LogP contribution >= 0.6 is 11.3 Å². The minimum absolute atomic E-state index is 0.0943. The van der Waals surface area contributed by atoms with Crippen LogP contribution in [0.3, 0.4) is 0 Å². The smallest absolute Gasteiger partial charge is 0.341 e. The second-order valence-electron chi connectivity index (χ2n) is 7.91. The molecule has 178 valence electrons. The second kappa shape index (κ2) is 10.4. The lowest BCUT2D eigenvalue weighted by atomic mass is 10.1. The van der Waals surface area contributed by atoms with Gasteiger partial charge in [0, 0.05) is 4.88 Å². The number of fused-ring (bicyclic) bond motifs is 1. The molecule has 2 N–H and O–H groups in total. The van der Waals surface area contributed by atoms with Crippen molar-refractivity contribution in [3.63, 3.8) is 0 Å². The summed E-state index contributed by atoms with van der Waals surface area (Å²) < 4.78 is 33.4. The van der Waals surface area contributed by atoms with Gasteiger partial charge in [-0.1, -0.05) is 36.8 Å². The first kappa shape index (κ1) is 24.0. The zero-order chi connectivity index (χ0) is 24.1. The van der Waals surface area contributed by atoms with Crippen molar-refractivity contribution >= 4 is 43.9 Å². The number of anilines is 2. The summed E-state index contributed by atoms with van der Waals surface area (Å²) >= 11 is 1.40. The molecule has 0 radical (unpaired) electrons. The number of nitrogens with one attached hydrogen (secondary N) is 2. The largest absolute Gasteiger partial charge is 0.462 e. The summed E-state index contributed by atoms with van der Waals surface area (Å²) in [7, 11) is -3.88. The molecular formula is C25H26N2O5S2. The Kier molecular flexibility index (Phi) is 7.33. The van der Waals surface area contributed by atoms with Crippen LogP contribution in [0, 0.1) is 0 Å². The van der Waals surface area contributed by atoms with Crippen LogP contribution in [0.4, 0.5) is 10.7 Å². The van der Waals surface area contributed by atoms with E-state index in [4.69, 9.17) is 4.74 Å². The molecule has 1 aliphatic rings. The topological polar surface area (TPSA) is 102 Å². The molecular weight excluding hydrogens is 472 g/mol. The first-order valence-corrected chi connectivity index (χ1v) is 13.5. The molecule has 0 bridgehead atoms. The first-order chi connectivity index (χ1) is 16.4. The number of hydrogen-bond acceptors (Lipinski definition) is 6. The molecule has 34 heavy (non-hydrogen) atoms. The molecule has 9 heteroatoms. The third kappa shape index (κ3) is 5.15. The van der Waals surface area contributed by atoms with Crippen molar-refractivity contribution < 1.29 is 22.7 Å². The van der Waals surface area contributed by atoms with Crippen LogP contribution in [0.1, 0.15) is 57.3 Å². The zero-order valence-electron chi connectivity index (χ0n) is 18.8. The van der Waals surface area contributed by atoms with E-state index in [1.165, 1.54) is 29.5 Å². The standard InChI is InChI=1S/C25H26N2O5S2/c1-2-32-25(29)22-19-14-7-4-8-16-21(19)33-24(22)26-23(28)18-13-9-10-15-20(18)27-34(30,31)17-11-5-3-6-12-17/h3,5-6,9-13,15,27H,2,4,7-8,14,16H2,1H3,(H,26,28). The molecule has 1 amide bonds. The molecule has 0 saturated heterocycles. The Hall–Kier alpha value is -3.17. The Morgan fingerprint density at radius 3 is 2.44 bits per heavy atom. The molecule has 3 aromatic rings. The number of carbonyl (C=O) groups excluding carboxylic acids is 2. The third-order valence-corrected chi connectivity index (χ3v) is 8.19. The van der Waals surface area contributed by atoms with Crippen LogP contribution in [-0.4, -0.2) is 26.9 Å². The van der Waals surface area contributed by atoms with Gasteiger partial charge >= 0.3 is 5.97 Å². The van der Waals surface area contributed by atoms with Gasteiger partial charge in [0.05, 0.1) is 28.3 Å². The maximum Gasteiger partial charge on any atom is 0.341 e. The Balaban J connectivity index is 1.65. The van der Waals surface area contributed by atoms with E-state index in [2.05, 4.69) is 10.0 Å². The molecule has 0 unspecified atom stereocenters. The fourth-order valence-electron chi connectivity index (χ4n) is 3.99. The first-order valence-electron chi connectivity index (χ1n) is 11.2. The lowest BCUT2D eigenvalue weighted by Gasteiger charge is -2.13. The van der Waals surface area contributed by atoms with Crippen molar-refractivity contribution in [3.05, 3.63) is 76.2 Å². The summed E-state index contributed by atoms with van der Waals surface area (Å²) in [6.07, 6.45) is 4.74. The predicted molar refractivity (Wildman–Crippen MR) is 133 cm³/mol. The number of rotatable bonds is 7. The average molecular weight is 499 g/mol. The number of esters is 1. The summed E-state index contributed by atoms with van der Waals surface area (Å²) in [6, 6.07) is 14.3. The maximum atomic E-state index is 13.3. The zero-order valence-corrected chi connectivity index (χ0v) is 20.4. The Morgan fingerprint density at radius 1 is 0.971 bits per heavy atom. The summed E-state index contributed by atoms with van der Waals surface area (Å²) in [5, 5.41) is 3.29. The Labute approximate surface area is 203 Å². The van der Waals surface area contributed by atoms with E-state index in [0.29, 0.717) is 10.6 Å². The molecule has 0 fully saturated rings. The number of benzene rings is 2. The Bertz CT molecular complexity index is 1300. The van der Waals surface area contributed by atoms with Crippen molar-refractivity contribution in [1.29, 1.82) is 0 Å². The summed E-state index contributed by atoms with van der Waals surface area (Å²) in [4.78, 5) is 27.2. The van der Waals surface area contributed by atoms with Crippen molar-refractivity contribution in [3.8, 4) is 0 Å². The third-order valence-electron chi connectivity index (χ3n) is 5.60. The molecule has 4 rings (SSSR count). The normalized spacial score (nSPS) is 13.4. The van der Waals surface area contributed by atoms with Gasteiger partial charge in [0.15, 0.2) is 0 Å². The highest BCUT2D eigenvalue weighted by Crippen LogP contribution is 2.38. The van der Waals surface area contributed by atoms with E-state index in [1.807, 2.05) is 0 Å². The SMILES string of the molecule is CCOC(=O)c1c(NC(=O)c2ccccc2NS(=O)(=O)c2ccccc2)sc2c1CCCCC2. The van der Waals surface area contributed by atoms with Crippen LogP contribution in [0.15, 0.2) is 59.5 Å². The number of para-hydroxylation sites is 1. The van der Waals surface area contributed by atoms with E-state index in [-0.39, 0.29) is 22.8 Å². The number of carbonyl (C=O) groups is 2. The molecule has 1 heterocycles. The molecule has 0 atom stereocenters. The second-order valence-corrected chi connectivity index (χ2v) is 10.7. The summed E-state index contributed by atoms with van der Waals surface area (Å²) in [5.41, 5.74) is 1.67. The van der Waals surface area contributed by atoms with Crippen molar-refractivity contribution in [1.82, 2.24) is 0 Å². The van der Waals surface area contributed by atoms with Gasteiger partial charge in [-0.05, 0) is 62.4 Å². The minimum Gasteiger partial charge on any atom is -0.462 e. The number of ether oxygens (including phenoxy) is 1. The van der Waals surface area contributed by atoms with Crippen LogP contribution < -0.4 is 10.0 Å². The lowest BCUT2D eigenvalue weighted by molar-refractivity contribution is 0.0527. The molecule has 1 aliphatic carbocycles. The molecule has 7 nitrogen and oxygen atoms in total. The van der Waals surface area contributed by atoms with Gasteiger partial charge in [-0.2, -0.15) is 0 Å². The summed E-state index contributed by atoms with van der Waals surface area (Å²) in [5.74, 6) is -0.955. The van der Waals surface area contributed by atoms with Gasteiger partial charge in [-0.3, -0.25) is 9.52 Å². The molecule has 0 aliphatic heterocycles. The minimum atomic E-state index is -3.88. The fourth-order valence-corrected chi connectivity index (χ4v) is 6.37. The van der Waals surface area contributed by atoms with Crippen molar-refractivity contribution in [2.45, 2.75) is 43.9 Å². The average Bonchev–Trinajstić information content (AvgIpc) is 3.00. The number of thiophene rings is 1. The van der Waals surface area contributed by atoms with Crippen molar-refractivity contribution in [2.24, 2.45) is 0 Å².